The molecule has 0 fully saturated rings. The molecule has 0 unspecified atom stereocenters. The number of hydrogen-bond donors (Lipinski definition) is 0. The highest BCUT2D eigenvalue weighted by molar-refractivity contribution is 6.28. The van der Waals surface area contributed by atoms with E-state index in [0.717, 1.165) is 11.6 Å². The van der Waals surface area contributed by atoms with E-state index in [1.165, 1.54) is 17.4 Å². The van der Waals surface area contributed by atoms with Crippen molar-refractivity contribution in [2.45, 2.75) is 12.7 Å². The summed E-state index contributed by atoms with van der Waals surface area (Å²) in [7, 11) is 1.60. The van der Waals surface area contributed by atoms with Gasteiger partial charge in [0.1, 0.15) is 5.82 Å². The molecule has 0 amide bonds. The topological polar surface area (TPSA) is 42.2 Å². The van der Waals surface area contributed by atoms with Gasteiger partial charge in [0.25, 0.3) is 0 Å². The number of aromatic nitrogens is 2. The minimum absolute atomic E-state index is 0.0912. The predicted octanol–water partition coefficient (Wildman–Crippen LogP) is 3.38. The van der Waals surface area contributed by atoms with Gasteiger partial charge in [-0.1, -0.05) is 0 Å². The van der Waals surface area contributed by atoms with Crippen LogP contribution in [0.2, 0.25) is 5.28 Å². The summed E-state index contributed by atoms with van der Waals surface area (Å²) in [5.74, 6) is 0.0912. The molecule has 0 aliphatic heterocycles. The molecule has 2 heterocycles. The van der Waals surface area contributed by atoms with Gasteiger partial charge < -0.3 is 9.32 Å². The molecule has 0 atom stereocenters. The number of hydrogen-bond acceptors (Lipinski definition) is 4. The van der Waals surface area contributed by atoms with E-state index in [-0.39, 0.29) is 5.82 Å². The van der Waals surface area contributed by atoms with Gasteiger partial charge in [-0.25, -0.2) is 9.97 Å². The number of anilines is 1. The third-order valence-electron chi connectivity index (χ3n) is 2.37. The minimum atomic E-state index is -4.56. The van der Waals surface area contributed by atoms with Crippen molar-refractivity contribution in [3.63, 3.8) is 0 Å². The second-order valence-electron chi connectivity index (χ2n) is 3.87. The monoisotopic (exact) mass is 291 g/mol. The zero-order valence-corrected chi connectivity index (χ0v) is 10.5. The first-order chi connectivity index (χ1) is 8.86. The molecule has 0 N–H and O–H groups in total. The van der Waals surface area contributed by atoms with E-state index >= 15 is 0 Å². The molecule has 2 aromatic rings. The molecule has 2 rings (SSSR count). The summed E-state index contributed by atoms with van der Waals surface area (Å²) in [6, 6.07) is 2.57. The van der Waals surface area contributed by atoms with Crippen molar-refractivity contribution >= 4 is 17.4 Å². The molecular weight excluding hydrogens is 283 g/mol. The number of rotatable bonds is 3. The van der Waals surface area contributed by atoms with Crippen molar-refractivity contribution in [3.05, 3.63) is 41.2 Å². The Bertz CT molecular complexity index is 557. The summed E-state index contributed by atoms with van der Waals surface area (Å²) < 4.78 is 42.7. The van der Waals surface area contributed by atoms with Crippen molar-refractivity contribution in [3.8, 4) is 0 Å². The van der Waals surface area contributed by atoms with Gasteiger partial charge in [-0.15, -0.1) is 0 Å². The fraction of sp³-hybridized carbons (Fsp3) is 0.273. The van der Waals surface area contributed by atoms with Crippen molar-refractivity contribution in [1.82, 2.24) is 9.97 Å². The van der Waals surface area contributed by atoms with Gasteiger partial charge >= 0.3 is 6.18 Å². The largest absolute Gasteiger partial charge is 0.472 e. The van der Waals surface area contributed by atoms with Gasteiger partial charge in [0.2, 0.25) is 5.28 Å². The van der Waals surface area contributed by atoms with Crippen LogP contribution in [0.5, 0.6) is 0 Å². The first kappa shape index (κ1) is 13.7. The second kappa shape index (κ2) is 5.08. The summed E-state index contributed by atoms with van der Waals surface area (Å²) in [4.78, 5) is 8.47. The van der Waals surface area contributed by atoms with Crippen LogP contribution in [0.3, 0.4) is 0 Å². The second-order valence-corrected chi connectivity index (χ2v) is 4.20. The summed E-state index contributed by atoms with van der Waals surface area (Å²) in [5.41, 5.74) is -0.257. The van der Waals surface area contributed by atoms with Gasteiger partial charge in [-0.05, 0) is 17.7 Å². The first-order valence-electron chi connectivity index (χ1n) is 5.20. The highest BCUT2D eigenvalue weighted by Gasteiger charge is 2.33. The molecule has 0 aliphatic rings. The van der Waals surface area contributed by atoms with Crippen LogP contribution in [-0.4, -0.2) is 17.0 Å². The fourth-order valence-corrected chi connectivity index (χ4v) is 1.66. The van der Waals surface area contributed by atoms with E-state index < -0.39 is 17.2 Å². The predicted molar refractivity (Wildman–Crippen MR) is 62.9 cm³/mol. The average Bonchev–Trinajstić information content (AvgIpc) is 2.79. The highest BCUT2D eigenvalue weighted by Crippen LogP contribution is 2.30. The van der Waals surface area contributed by atoms with Crippen LogP contribution in [0.15, 0.2) is 29.1 Å². The lowest BCUT2D eigenvalue weighted by Gasteiger charge is -2.18. The van der Waals surface area contributed by atoms with Crippen molar-refractivity contribution in [2.75, 3.05) is 11.9 Å². The Hall–Kier alpha value is -1.76. The lowest BCUT2D eigenvalue weighted by atomic mass is 10.3. The smallest absolute Gasteiger partial charge is 0.433 e. The Balaban J connectivity index is 2.26. The van der Waals surface area contributed by atoms with Gasteiger partial charge in [0.15, 0.2) is 5.69 Å². The third-order valence-corrected chi connectivity index (χ3v) is 2.54. The molecule has 8 heteroatoms. The SMILES string of the molecule is CN(Cc1ccoc1)c1cc(C(F)(F)F)nc(Cl)n1. The Morgan fingerprint density at radius 2 is 2.11 bits per heavy atom. The molecule has 0 saturated carbocycles. The Kier molecular flexibility index (Phi) is 3.66. The lowest BCUT2D eigenvalue weighted by Crippen LogP contribution is -2.19. The quantitative estimate of drug-likeness (QED) is 0.813. The van der Waals surface area contributed by atoms with Crippen LogP contribution >= 0.6 is 11.6 Å². The molecule has 0 bridgehead atoms. The molecule has 0 spiro atoms. The summed E-state index contributed by atoms with van der Waals surface area (Å²) in [6.45, 7) is 0.348. The summed E-state index contributed by atoms with van der Waals surface area (Å²) in [6.07, 6.45) is -1.57. The maximum absolute atomic E-state index is 12.6. The van der Waals surface area contributed by atoms with Crippen LogP contribution in [0.1, 0.15) is 11.3 Å². The number of halogens is 4. The average molecular weight is 292 g/mol. The molecule has 0 saturated heterocycles. The molecule has 4 nitrogen and oxygen atoms in total. The lowest BCUT2D eigenvalue weighted by molar-refractivity contribution is -0.141. The van der Waals surface area contributed by atoms with Crippen molar-refractivity contribution in [1.29, 1.82) is 0 Å². The molecule has 19 heavy (non-hydrogen) atoms. The Morgan fingerprint density at radius 1 is 1.37 bits per heavy atom. The minimum Gasteiger partial charge on any atom is -0.472 e. The zero-order valence-electron chi connectivity index (χ0n) is 9.78. The van der Waals surface area contributed by atoms with E-state index in [1.807, 2.05) is 0 Å². The van der Waals surface area contributed by atoms with E-state index in [1.54, 1.807) is 13.1 Å². The zero-order chi connectivity index (χ0) is 14.0. The Morgan fingerprint density at radius 3 is 2.68 bits per heavy atom. The number of alkyl halides is 3. The van der Waals surface area contributed by atoms with Gasteiger partial charge in [0.05, 0.1) is 12.5 Å². The Labute approximate surface area is 111 Å². The molecule has 0 aliphatic carbocycles. The highest BCUT2D eigenvalue weighted by atomic mass is 35.5. The van der Waals surface area contributed by atoms with Gasteiger partial charge in [-0.2, -0.15) is 13.2 Å². The van der Waals surface area contributed by atoms with Crippen LogP contribution in [0.4, 0.5) is 19.0 Å². The van der Waals surface area contributed by atoms with Crippen molar-refractivity contribution in [2.24, 2.45) is 0 Å². The van der Waals surface area contributed by atoms with E-state index in [9.17, 15) is 13.2 Å². The van der Waals surface area contributed by atoms with E-state index in [0.29, 0.717) is 6.54 Å². The van der Waals surface area contributed by atoms with Crippen LogP contribution < -0.4 is 4.90 Å². The fourth-order valence-electron chi connectivity index (χ4n) is 1.48. The number of nitrogens with zero attached hydrogens (tertiary/aromatic N) is 3. The van der Waals surface area contributed by atoms with Crippen LogP contribution in [-0.2, 0) is 12.7 Å². The first-order valence-corrected chi connectivity index (χ1v) is 5.58. The number of furan rings is 1. The molecular formula is C11H9ClF3N3O. The maximum atomic E-state index is 12.6. The van der Waals surface area contributed by atoms with Crippen LogP contribution in [0, 0.1) is 0 Å². The molecule has 0 radical (unpaired) electrons. The van der Waals surface area contributed by atoms with Crippen molar-refractivity contribution < 1.29 is 17.6 Å². The standard InChI is InChI=1S/C11H9ClF3N3O/c1-18(5-7-2-3-19-6-7)9-4-8(11(13,14)15)16-10(12)17-9/h2-4,6H,5H2,1H3. The maximum Gasteiger partial charge on any atom is 0.433 e. The molecule has 102 valence electrons. The normalized spacial score (nSPS) is 11.6. The van der Waals surface area contributed by atoms with Gasteiger partial charge in [0, 0.05) is 25.2 Å². The third kappa shape index (κ3) is 3.37. The van der Waals surface area contributed by atoms with Crippen LogP contribution in [0.25, 0.3) is 0 Å². The summed E-state index contributed by atoms with van der Waals surface area (Å²) >= 11 is 5.51. The van der Waals surface area contributed by atoms with E-state index in [2.05, 4.69) is 9.97 Å². The van der Waals surface area contributed by atoms with E-state index in [4.69, 9.17) is 16.0 Å². The molecule has 0 aromatic carbocycles. The molecule has 2 aromatic heterocycles. The summed E-state index contributed by atoms with van der Waals surface area (Å²) in [5, 5.41) is -0.441. The van der Waals surface area contributed by atoms with Gasteiger partial charge in [-0.3, -0.25) is 0 Å².